The van der Waals surface area contributed by atoms with E-state index in [1.165, 1.54) is 0 Å². The molecule has 0 aromatic heterocycles. The molecule has 2 rings (SSSR count). The molecule has 1 heterocycles. The van der Waals surface area contributed by atoms with E-state index in [0.717, 1.165) is 24.7 Å². The van der Waals surface area contributed by atoms with Crippen LogP contribution in [0.4, 0.5) is 5.69 Å². The first-order chi connectivity index (χ1) is 8.61. The van der Waals surface area contributed by atoms with Crippen molar-refractivity contribution in [3.63, 3.8) is 0 Å². The molecule has 0 saturated carbocycles. The van der Waals surface area contributed by atoms with Gasteiger partial charge in [0.05, 0.1) is 17.3 Å². The fourth-order valence-corrected chi connectivity index (χ4v) is 2.26. The van der Waals surface area contributed by atoms with Crippen molar-refractivity contribution < 1.29 is 0 Å². The number of anilines is 1. The molecule has 1 unspecified atom stereocenters. The molecule has 0 amide bonds. The van der Waals surface area contributed by atoms with E-state index in [1.54, 1.807) is 12.1 Å². The first-order valence-electron chi connectivity index (χ1n) is 5.77. The lowest BCUT2D eigenvalue weighted by atomic mass is 10.3. The van der Waals surface area contributed by atoms with Crippen molar-refractivity contribution in [2.75, 3.05) is 18.4 Å². The van der Waals surface area contributed by atoms with Gasteiger partial charge in [-0.1, -0.05) is 29.3 Å². The number of hydrogen-bond acceptors (Lipinski definition) is 3. The van der Waals surface area contributed by atoms with Gasteiger partial charge in [0.2, 0.25) is 0 Å². The van der Waals surface area contributed by atoms with Crippen molar-refractivity contribution in [2.45, 2.75) is 13.0 Å². The SMILES string of the molecule is C=CC(C)N1CCN=C1Nc1ccc(Cl)cc1Cl. The molecule has 0 saturated heterocycles. The Morgan fingerprint density at radius 3 is 2.94 bits per heavy atom. The monoisotopic (exact) mass is 283 g/mol. The summed E-state index contributed by atoms with van der Waals surface area (Å²) in [5.74, 6) is 0.826. The predicted molar refractivity (Wildman–Crippen MR) is 78.8 cm³/mol. The molecule has 0 bridgehead atoms. The Balaban J connectivity index is 2.15. The van der Waals surface area contributed by atoms with Gasteiger partial charge in [-0.2, -0.15) is 0 Å². The van der Waals surface area contributed by atoms with E-state index in [4.69, 9.17) is 23.2 Å². The molecule has 1 aliphatic heterocycles. The van der Waals surface area contributed by atoms with E-state index in [2.05, 4.69) is 28.7 Å². The fourth-order valence-electron chi connectivity index (χ4n) is 1.81. The first-order valence-corrected chi connectivity index (χ1v) is 6.53. The van der Waals surface area contributed by atoms with Crippen molar-refractivity contribution >= 4 is 34.8 Å². The van der Waals surface area contributed by atoms with Gasteiger partial charge in [0.25, 0.3) is 0 Å². The van der Waals surface area contributed by atoms with Crippen LogP contribution in [0.25, 0.3) is 0 Å². The Labute approximate surface area is 117 Å². The molecule has 1 N–H and O–H groups in total. The highest BCUT2D eigenvalue weighted by Crippen LogP contribution is 2.26. The summed E-state index contributed by atoms with van der Waals surface area (Å²) in [4.78, 5) is 6.59. The van der Waals surface area contributed by atoms with Crippen LogP contribution in [0.15, 0.2) is 35.8 Å². The number of guanidine groups is 1. The quantitative estimate of drug-likeness (QED) is 0.858. The van der Waals surface area contributed by atoms with E-state index < -0.39 is 0 Å². The zero-order valence-electron chi connectivity index (χ0n) is 10.2. The molecule has 0 fully saturated rings. The van der Waals surface area contributed by atoms with E-state index in [0.29, 0.717) is 10.0 Å². The minimum atomic E-state index is 0.241. The van der Waals surface area contributed by atoms with Crippen LogP contribution in [0.1, 0.15) is 6.92 Å². The van der Waals surface area contributed by atoms with E-state index in [9.17, 15) is 0 Å². The molecule has 1 atom stereocenters. The second-order valence-corrected chi connectivity index (χ2v) is 4.97. The normalized spacial score (nSPS) is 16.4. The number of benzene rings is 1. The highest BCUT2D eigenvalue weighted by atomic mass is 35.5. The summed E-state index contributed by atoms with van der Waals surface area (Å²) in [5, 5.41) is 4.45. The smallest absolute Gasteiger partial charge is 0.199 e. The molecule has 1 aromatic carbocycles. The van der Waals surface area contributed by atoms with Crippen LogP contribution >= 0.6 is 23.2 Å². The Morgan fingerprint density at radius 1 is 1.50 bits per heavy atom. The van der Waals surface area contributed by atoms with E-state index >= 15 is 0 Å². The maximum absolute atomic E-state index is 6.13. The lowest BCUT2D eigenvalue weighted by molar-refractivity contribution is 0.411. The van der Waals surface area contributed by atoms with Gasteiger partial charge >= 0.3 is 0 Å². The topological polar surface area (TPSA) is 27.6 Å². The highest BCUT2D eigenvalue weighted by Gasteiger charge is 2.21. The minimum Gasteiger partial charge on any atom is -0.335 e. The van der Waals surface area contributed by atoms with Crippen LogP contribution in [-0.2, 0) is 0 Å². The first kappa shape index (κ1) is 13.2. The number of rotatable bonds is 3. The van der Waals surface area contributed by atoms with Crippen LogP contribution in [0.5, 0.6) is 0 Å². The second-order valence-electron chi connectivity index (χ2n) is 4.12. The Bertz CT molecular complexity index is 485. The third-order valence-electron chi connectivity index (χ3n) is 2.88. The lowest BCUT2D eigenvalue weighted by Gasteiger charge is -2.25. The Kier molecular flexibility index (Phi) is 4.15. The predicted octanol–water partition coefficient (Wildman–Crippen LogP) is 3.65. The highest BCUT2D eigenvalue weighted by molar-refractivity contribution is 6.36. The van der Waals surface area contributed by atoms with Gasteiger partial charge in [-0.05, 0) is 25.1 Å². The maximum atomic E-state index is 6.13. The maximum Gasteiger partial charge on any atom is 0.199 e. The van der Waals surface area contributed by atoms with Crippen molar-refractivity contribution in [3.8, 4) is 0 Å². The number of halogens is 2. The fraction of sp³-hybridized carbons (Fsp3) is 0.308. The van der Waals surface area contributed by atoms with E-state index in [-0.39, 0.29) is 6.04 Å². The summed E-state index contributed by atoms with van der Waals surface area (Å²) < 4.78 is 0. The van der Waals surface area contributed by atoms with Crippen LogP contribution < -0.4 is 5.32 Å². The molecule has 1 aromatic rings. The van der Waals surface area contributed by atoms with Gasteiger partial charge in [0.15, 0.2) is 5.96 Å². The molecule has 1 aliphatic rings. The van der Waals surface area contributed by atoms with Gasteiger partial charge < -0.3 is 10.2 Å². The van der Waals surface area contributed by atoms with E-state index in [1.807, 2.05) is 12.1 Å². The summed E-state index contributed by atoms with van der Waals surface area (Å²) in [6, 6.07) is 5.60. The van der Waals surface area contributed by atoms with Crippen LogP contribution in [0.2, 0.25) is 10.0 Å². The summed E-state index contributed by atoms with van der Waals surface area (Å²) >= 11 is 12.0. The molecule has 0 radical (unpaired) electrons. The molecule has 3 nitrogen and oxygen atoms in total. The number of nitrogens with zero attached hydrogens (tertiary/aromatic N) is 2. The third kappa shape index (κ3) is 2.79. The third-order valence-corrected chi connectivity index (χ3v) is 3.43. The molecule has 0 spiro atoms. The van der Waals surface area contributed by atoms with Gasteiger partial charge in [0, 0.05) is 17.6 Å². The van der Waals surface area contributed by atoms with Gasteiger partial charge in [-0.15, -0.1) is 6.58 Å². The second kappa shape index (κ2) is 5.63. The van der Waals surface area contributed by atoms with Crippen molar-refractivity contribution in [1.82, 2.24) is 4.90 Å². The number of aliphatic imine (C=N–C) groups is 1. The zero-order valence-corrected chi connectivity index (χ0v) is 11.7. The van der Waals surface area contributed by atoms with Crippen molar-refractivity contribution in [3.05, 3.63) is 40.9 Å². The summed E-state index contributed by atoms with van der Waals surface area (Å²) in [6.45, 7) is 7.56. The van der Waals surface area contributed by atoms with Gasteiger partial charge in [0.1, 0.15) is 0 Å². The number of nitrogens with one attached hydrogen (secondary N) is 1. The Hall–Kier alpha value is -1.19. The average Bonchev–Trinajstić information content (AvgIpc) is 2.80. The summed E-state index contributed by atoms with van der Waals surface area (Å²) in [7, 11) is 0. The molecule has 18 heavy (non-hydrogen) atoms. The van der Waals surface area contributed by atoms with Crippen molar-refractivity contribution in [2.24, 2.45) is 4.99 Å². The molecule has 0 aliphatic carbocycles. The van der Waals surface area contributed by atoms with Crippen LogP contribution in [0.3, 0.4) is 0 Å². The average molecular weight is 284 g/mol. The summed E-state index contributed by atoms with van der Waals surface area (Å²) in [5.41, 5.74) is 0.808. The Morgan fingerprint density at radius 2 is 2.28 bits per heavy atom. The number of hydrogen-bond donors (Lipinski definition) is 1. The van der Waals surface area contributed by atoms with Crippen LogP contribution in [0, 0.1) is 0 Å². The molecule has 5 heteroatoms. The molecule has 96 valence electrons. The van der Waals surface area contributed by atoms with Gasteiger partial charge in [-0.3, -0.25) is 4.99 Å². The molecular formula is C13H15Cl2N3. The van der Waals surface area contributed by atoms with Gasteiger partial charge in [-0.25, -0.2) is 0 Å². The summed E-state index contributed by atoms with van der Waals surface area (Å²) in [6.07, 6.45) is 1.89. The largest absolute Gasteiger partial charge is 0.335 e. The van der Waals surface area contributed by atoms with Crippen molar-refractivity contribution in [1.29, 1.82) is 0 Å². The zero-order chi connectivity index (χ0) is 13.1. The minimum absolute atomic E-state index is 0.241. The standard InChI is InChI=1S/C13H15Cl2N3/c1-3-9(2)18-7-6-16-13(18)17-12-5-4-10(14)8-11(12)15/h3-5,8-9H,1,6-7H2,2H3,(H,16,17). The van der Waals surface area contributed by atoms with Crippen LogP contribution in [-0.4, -0.2) is 30.0 Å². The molecular weight excluding hydrogens is 269 g/mol. The lowest BCUT2D eigenvalue weighted by Crippen LogP contribution is -2.38.